The zero-order valence-corrected chi connectivity index (χ0v) is 20.4. The third kappa shape index (κ3) is 6.17. The number of nitrogens with zero attached hydrogens (tertiary/aromatic N) is 2. The molecule has 1 atom stereocenters. The molecule has 1 saturated heterocycles. The molecule has 35 heavy (non-hydrogen) atoms. The molecule has 0 spiro atoms. The third-order valence-electron chi connectivity index (χ3n) is 5.64. The summed E-state index contributed by atoms with van der Waals surface area (Å²) in [6.45, 7) is 6.41. The van der Waals surface area contributed by atoms with Crippen molar-refractivity contribution in [2.24, 2.45) is 5.92 Å². The second-order valence-electron chi connectivity index (χ2n) is 8.60. The molecular formula is C26H31N3O6. The number of hydrogen-bond donors (Lipinski definition) is 1. The largest absolute Gasteiger partial charge is 0.497 e. The van der Waals surface area contributed by atoms with Crippen LogP contribution in [0, 0.1) is 5.92 Å². The van der Waals surface area contributed by atoms with E-state index in [0.717, 1.165) is 4.90 Å². The van der Waals surface area contributed by atoms with Gasteiger partial charge < -0.3 is 19.7 Å². The molecule has 0 saturated carbocycles. The lowest BCUT2D eigenvalue weighted by atomic mass is 10.1. The van der Waals surface area contributed by atoms with E-state index in [1.807, 2.05) is 13.8 Å². The lowest BCUT2D eigenvalue weighted by Gasteiger charge is -2.22. The number of hydrogen-bond acceptors (Lipinski definition) is 6. The fourth-order valence-electron chi connectivity index (χ4n) is 3.76. The maximum Gasteiger partial charge on any atom is 0.338 e. The predicted octanol–water partition coefficient (Wildman–Crippen LogP) is 4.08. The topological polar surface area (TPSA) is 105 Å². The van der Waals surface area contributed by atoms with Gasteiger partial charge in [0.1, 0.15) is 11.8 Å². The average Bonchev–Trinajstić information content (AvgIpc) is 3.06. The smallest absolute Gasteiger partial charge is 0.338 e. The van der Waals surface area contributed by atoms with Gasteiger partial charge in [0.2, 0.25) is 5.91 Å². The van der Waals surface area contributed by atoms with Gasteiger partial charge in [0.25, 0.3) is 5.91 Å². The monoisotopic (exact) mass is 481 g/mol. The van der Waals surface area contributed by atoms with Crippen LogP contribution in [0.2, 0.25) is 0 Å². The molecule has 3 rings (SSSR count). The van der Waals surface area contributed by atoms with Crippen molar-refractivity contribution in [3.05, 3.63) is 54.1 Å². The van der Waals surface area contributed by atoms with Crippen LogP contribution in [-0.2, 0) is 14.3 Å². The van der Waals surface area contributed by atoms with Crippen LogP contribution in [0.4, 0.5) is 16.2 Å². The normalized spacial score (nSPS) is 15.5. The molecule has 186 valence electrons. The fourth-order valence-corrected chi connectivity index (χ4v) is 3.76. The highest BCUT2D eigenvalue weighted by Gasteiger charge is 2.46. The number of imide groups is 1. The number of urea groups is 1. The quantitative estimate of drug-likeness (QED) is 0.405. The van der Waals surface area contributed by atoms with Crippen LogP contribution in [0.15, 0.2) is 48.5 Å². The predicted molar refractivity (Wildman–Crippen MR) is 131 cm³/mol. The van der Waals surface area contributed by atoms with E-state index in [9.17, 15) is 19.2 Å². The van der Waals surface area contributed by atoms with E-state index in [-0.39, 0.29) is 13.0 Å². The van der Waals surface area contributed by atoms with Gasteiger partial charge in [-0.25, -0.2) is 14.5 Å². The van der Waals surface area contributed by atoms with Crippen molar-refractivity contribution >= 4 is 35.2 Å². The van der Waals surface area contributed by atoms with Gasteiger partial charge in [-0.05, 0) is 55.7 Å². The van der Waals surface area contributed by atoms with Crippen molar-refractivity contribution in [3.8, 4) is 5.75 Å². The summed E-state index contributed by atoms with van der Waals surface area (Å²) in [4.78, 5) is 53.8. The Hall–Kier alpha value is -3.88. The number of anilines is 2. The molecule has 4 amide bonds. The van der Waals surface area contributed by atoms with Crippen molar-refractivity contribution in [3.63, 3.8) is 0 Å². The summed E-state index contributed by atoms with van der Waals surface area (Å²) < 4.78 is 10.2. The van der Waals surface area contributed by atoms with Crippen LogP contribution < -0.4 is 15.0 Å². The maximum absolute atomic E-state index is 13.3. The number of amides is 4. The van der Waals surface area contributed by atoms with E-state index in [0.29, 0.717) is 41.6 Å². The summed E-state index contributed by atoms with van der Waals surface area (Å²) in [5, 5.41) is 2.74. The lowest BCUT2D eigenvalue weighted by Crippen LogP contribution is -2.39. The molecule has 1 N–H and O–H groups in total. The first-order valence-corrected chi connectivity index (χ1v) is 11.6. The first-order valence-electron chi connectivity index (χ1n) is 11.6. The number of ether oxygens (including phenoxy) is 2. The van der Waals surface area contributed by atoms with E-state index in [1.165, 1.54) is 12.0 Å². The lowest BCUT2D eigenvalue weighted by molar-refractivity contribution is -0.124. The highest BCUT2D eigenvalue weighted by atomic mass is 16.5. The average molecular weight is 482 g/mol. The molecular weight excluding hydrogens is 450 g/mol. The third-order valence-corrected chi connectivity index (χ3v) is 5.64. The SMILES string of the molecule is CCOC(=O)c1ccc(NC(=O)C[C@@H]2C(=O)N(c3cccc(OC)c3)C(=O)N2CCC(C)C)cc1. The molecule has 9 heteroatoms. The van der Waals surface area contributed by atoms with Gasteiger partial charge >= 0.3 is 12.0 Å². The minimum atomic E-state index is -0.925. The zero-order chi connectivity index (χ0) is 25.5. The Morgan fingerprint density at radius 1 is 1.09 bits per heavy atom. The highest BCUT2D eigenvalue weighted by Crippen LogP contribution is 2.30. The summed E-state index contributed by atoms with van der Waals surface area (Å²) in [6, 6.07) is 11.6. The number of carbonyl (C=O) groups excluding carboxylic acids is 4. The van der Waals surface area contributed by atoms with E-state index < -0.39 is 29.9 Å². The van der Waals surface area contributed by atoms with Gasteiger partial charge in [0.05, 0.1) is 31.4 Å². The van der Waals surface area contributed by atoms with Crippen LogP contribution in [0.1, 0.15) is 44.0 Å². The molecule has 1 aliphatic heterocycles. The van der Waals surface area contributed by atoms with Crippen molar-refractivity contribution in [1.82, 2.24) is 4.90 Å². The molecule has 2 aromatic rings. The Kier molecular flexibility index (Phi) is 8.46. The number of rotatable bonds is 10. The number of methoxy groups -OCH3 is 1. The minimum Gasteiger partial charge on any atom is -0.497 e. The van der Waals surface area contributed by atoms with Gasteiger partial charge in [-0.1, -0.05) is 19.9 Å². The molecule has 2 aromatic carbocycles. The molecule has 1 fully saturated rings. The van der Waals surface area contributed by atoms with Gasteiger partial charge in [0, 0.05) is 18.3 Å². The van der Waals surface area contributed by atoms with Gasteiger partial charge in [-0.15, -0.1) is 0 Å². The maximum atomic E-state index is 13.3. The molecule has 1 heterocycles. The standard InChI is InChI=1S/C26H31N3O6/c1-5-35-25(32)18-9-11-19(12-10-18)27-23(30)16-22-24(31)29(20-7-6-8-21(15-20)34-4)26(33)28(22)14-13-17(2)3/h6-12,15,17,22H,5,13-14,16H2,1-4H3,(H,27,30)/t22-/m1/s1. The van der Waals surface area contributed by atoms with Gasteiger partial charge in [-0.2, -0.15) is 0 Å². The molecule has 0 radical (unpaired) electrons. The van der Waals surface area contributed by atoms with Crippen LogP contribution in [-0.4, -0.2) is 55.0 Å². The van der Waals surface area contributed by atoms with E-state index in [4.69, 9.17) is 9.47 Å². The number of nitrogens with one attached hydrogen (secondary N) is 1. The summed E-state index contributed by atoms with van der Waals surface area (Å²) in [5.41, 5.74) is 1.24. The Balaban J connectivity index is 1.76. The number of esters is 1. The summed E-state index contributed by atoms with van der Waals surface area (Å²) in [7, 11) is 1.51. The van der Waals surface area contributed by atoms with Crippen molar-refractivity contribution < 1.29 is 28.7 Å². The second kappa shape index (κ2) is 11.5. The van der Waals surface area contributed by atoms with E-state index >= 15 is 0 Å². The summed E-state index contributed by atoms with van der Waals surface area (Å²) in [6.07, 6.45) is 0.501. The highest BCUT2D eigenvalue weighted by molar-refractivity contribution is 6.22. The minimum absolute atomic E-state index is 0.192. The number of benzene rings is 2. The first-order chi connectivity index (χ1) is 16.7. The zero-order valence-electron chi connectivity index (χ0n) is 20.4. The van der Waals surface area contributed by atoms with Crippen molar-refractivity contribution in [2.75, 3.05) is 30.5 Å². The Labute approximate surface area is 205 Å². The Morgan fingerprint density at radius 2 is 1.80 bits per heavy atom. The molecule has 0 aromatic heterocycles. The molecule has 9 nitrogen and oxygen atoms in total. The van der Waals surface area contributed by atoms with Crippen LogP contribution in [0.3, 0.4) is 0 Å². The summed E-state index contributed by atoms with van der Waals surface area (Å²) >= 11 is 0. The Bertz CT molecular complexity index is 1080. The van der Waals surface area contributed by atoms with Crippen molar-refractivity contribution in [2.45, 2.75) is 39.7 Å². The summed E-state index contributed by atoms with van der Waals surface area (Å²) in [5.74, 6) is -0.485. The fraction of sp³-hybridized carbons (Fsp3) is 0.385. The van der Waals surface area contributed by atoms with E-state index in [1.54, 1.807) is 55.5 Å². The Morgan fingerprint density at radius 3 is 2.43 bits per heavy atom. The van der Waals surface area contributed by atoms with Crippen molar-refractivity contribution in [1.29, 1.82) is 0 Å². The molecule has 0 unspecified atom stereocenters. The number of carbonyl (C=O) groups is 4. The molecule has 0 aliphatic carbocycles. The van der Waals surface area contributed by atoms with Crippen LogP contribution in [0.5, 0.6) is 5.75 Å². The molecule has 1 aliphatic rings. The van der Waals surface area contributed by atoms with Crippen LogP contribution >= 0.6 is 0 Å². The van der Waals surface area contributed by atoms with E-state index in [2.05, 4.69) is 5.32 Å². The molecule has 0 bridgehead atoms. The first kappa shape index (κ1) is 25.7. The second-order valence-corrected chi connectivity index (χ2v) is 8.60. The van der Waals surface area contributed by atoms with Crippen LogP contribution in [0.25, 0.3) is 0 Å². The van der Waals surface area contributed by atoms with Gasteiger partial charge in [-0.3, -0.25) is 9.59 Å². The van der Waals surface area contributed by atoms with Gasteiger partial charge in [0.15, 0.2) is 0 Å².